The number of hydrogen-bond donors (Lipinski definition) is 2. The molecule has 1 saturated heterocycles. The summed E-state index contributed by atoms with van der Waals surface area (Å²) in [5.41, 5.74) is 6.40. The molecule has 2 unspecified atom stereocenters. The van der Waals surface area contributed by atoms with Gasteiger partial charge in [0.25, 0.3) is 0 Å². The van der Waals surface area contributed by atoms with E-state index in [9.17, 15) is 4.39 Å². The Kier molecular flexibility index (Phi) is 4.40. The summed E-state index contributed by atoms with van der Waals surface area (Å²) in [4.78, 5) is 2.07. The molecule has 0 bridgehead atoms. The third-order valence-corrected chi connectivity index (χ3v) is 5.12. The van der Waals surface area contributed by atoms with Gasteiger partial charge in [-0.1, -0.05) is 13.8 Å². The maximum Gasteiger partial charge on any atom is 0.161 e. The molecular weight excluding hydrogens is 329 g/mol. The van der Waals surface area contributed by atoms with Gasteiger partial charge in [0.15, 0.2) is 5.82 Å². The van der Waals surface area contributed by atoms with Crippen molar-refractivity contribution in [2.45, 2.75) is 24.3 Å². The van der Waals surface area contributed by atoms with Crippen molar-refractivity contribution in [1.29, 1.82) is 5.41 Å². The Labute approximate surface area is 125 Å². The average molecular weight is 346 g/mol. The normalized spacial score (nSPS) is 23.5. The first kappa shape index (κ1) is 14.7. The summed E-state index contributed by atoms with van der Waals surface area (Å²) in [6.45, 7) is 5.98. The van der Waals surface area contributed by atoms with Gasteiger partial charge < -0.3 is 10.6 Å². The summed E-state index contributed by atoms with van der Waals surface area (Å²) < 4.78 is 14.7. The lowest BCUT2D eigenvalue weighted by atomic mass is 10.1. The molecule has 6 heteroatoms. The van der Waals surface area contributed by atoms with Gasteiger partial charge in [-0.15, -0.1) is 0 Å². The number of hydrogen-bond acceptors (Lipinski definition) is 3. The van der Waals surface area contributed by atoms with Crippen LogP contribution in [0.15, 0.2) is 16.6 Å². The van der Waals surface area contributed by atoms with E-state index < -0.39 is 0 Å². The van der Waals surface area contributed by atoms with Gasteiger partial charge in [0.1, 0.15) is 5.84 Å². The predicted molar refractivity (Wildman–Crippen MR) is 83.8 cm³/mol. The maximum atomic E-state index is 14.4. The summed E-state index contributed by atoms with van der Waals surface area (Å²) in [5, 5.41) is 8.38. The molecule has 1 fully saturated rings. The van der Waals surface area contributed by atoms with Crippen molar-refractivity contribution in [1.82, 2.24) is 0 Å². The molecule has 1 heterocycles. The second-order valence-electron chi connectivity index (χ2n) is 4.84. The number of nitrogens with one attached hydrogen (secondary N) is 1. The molecule has 2 rings (SSSR count). The van der Waals surface area contributed by atoms with Crippen LogP contribution >= 0.6 is 27.7 Å². The molecule has 0 spiro atoms. The number of nitrogens with two attached hydrogens (primary N) is 1. The fourth-order valence-electron chi connectivity index (χ4n) is 2.37. The van der Waals surface area contributed by atoms with Gasteiger partial charge in [0, 0.05) is 29.2 Å². The smallest absolute Gasteiger partial charge is 0.161 e. The van der Waals surface area contributed by atoms with Crippen molar-refractivity contribution in [3.05, 3.63) is 28.0 Å². The van der Waals surface area contributed by atoms with Gasteiger partial charge in [-0.2, -0.15) is 11.8 Å². The molecule has 104 valence electrons. The number of amidine groups is 1. The van der Waals surface area contributed by atoms with Crippen LogP contribution in [0, 0.1) is 11.2 Å². The molecule has 1 aromatic rings. The first-order valence-corrected chi connectivity index (χ1v) is 7.86. The minimum absolute atomic E-state index is 0.131. The van der Waals surface area contributed by atoms with Crippen molar-refractivity contribution in [3.8, 4) is 0 Å². The molecule has 1 aromatic carbocycles. The van der Waals surface area contributed by atoms with Crippen LogP contribution in [0.3, 0.4) is 0 Å². The van der Waals surface area contributed by atoms with Gasteiger partial charge in [0.2, 0.25) is 0 Å². The summed E-state index contributed by atoms with van der Waals surface area (Å²) in [7, 11) is 0. The van der Waals surface area contributed by atoms with Gasteiger partial charge in [-0.3, -0.25) is 5.41 Å². The van der Waals surface area contributed by atoms with Gasteiger partial charge in [0.05, 0.1) is 10.2 Å². The van der Waals surface area contributed by atoms with E-state index in [0.29, 0.717) is 21.8 Å². The molecule has 3 N–H and O–H groups in total. The largest absolute Gasteiger partial charge is 0.384 e. The molecule has 3 nitrogen and oxygen atoms in total. The molecule has 0 radical (unpaired) electrons. The van der Waals surface area contributed by atoms with Crippen molar-refractivity contribution >= 4 is 39.2 Å². The van der Waals surface area contributed by atoms with Crippen LogP contribution in [0.25, 0.3) is 0 Å². The summed E-state index contributed by atoms with van der Waals surface area (Å²) in [6, 6.07) is 3.41. The Morgan fingerprint density at radius 2 is 2.00 bits per heavy atom. The minimum atomic E-state index is -0.334. The monoisotopic (exact) mass is 345 g/mol. The van der Waals surface area contributed by atoms with Crippen molar-refractivity contribution in [2.75, 3.05) is 18.0 Å². The molecule has 0 aliphatic carbocycles. The second-order valence-corrected chi connectivity index (χ2v) is 7.51. The van der Waals surface area contributed by atoms with Crippen LogP contribution in [-0.2, 0) is 0 Å². The van der Waals surface area contributed by atoms with Crippen LogP contribution in [-0.4, -0.2) is 29.4 Å². The highest BCUT2D eigenvalue weighted by Crippen LogP contribution is 2.33. The number of nitrogen functional groups attached to an aromatic ring is 1. The third-order valence-electron chi connectivity index (χ3n) is 3.11. The van der Waals surface area contributed by atoms with Crippen LogP contribution < -0.4 is 10.6 Å². The third kappa shape index (κ3) is 3.05. The Bertz CT molecular complexity index is 499. The number of halogens is 2. The van der Waals surface area contributed by atoms with Gasteiger partial charge in [-0.05, 0) is 28.1 Å². The highest BCUT2D eigenvalue weighted by molar-refractivity contribution is 9.10. The van der Waals surface area contributed by atoms with Crippen molar-refractivity contribution in [3.63, 3.8) is 0 Å². The molecule has 0 aromatic heterocycles. The van der Waals surface area contributed by atoms with E-state index in [0.717, 1.165) is 13.1 Å². The fraction of sp³-hybridized carbons (Fsp3) is 0.462. The Morgan fingerprint density at radius 1 is 1.42 bits per heavy atom. The Balaban J connectivity index is 2.35. The first-order chi connectivity index (χ1) is 8.90. The molecule has 1 aliphatic rings. The number of rotatable bonds is 2. The lowest BCUT2D eigenvalue weighted by Crippen LogP contribution is -2.41. The molecule has 0 amide bonds. The highest BCUT2D eigenvalue weighted by atomic mass is 79.9. The number of thioether (sulfide) groups is 1. The molecule has 0 saturated carbocycles. The number of nitrogens with zero attached hydrogens (tertiary/aromatic N) is 1. The standard InChI is InChI=1S/C13H17BrFN3S/c1-7-5-18(6-8(2)19-7)10-4-3-9(13(16)17)11(14)12(10)15/h3-4,7-8H,5-6H2,1-2H3,(H3,16,17). The summed E-state index contributed by atoms with van der Waals surface area (Å²) >= 11 is 5.13. The maximum absolute atomic E-state index is 14.4. The molecule has 19 heavy (non-hydrogen) atoms. The van der Waals surface area contributed by atoms with E-state index >= 15 is 0 Å². The lowest BCUT2D eigenvalue weighted by Gasteiger charge is -2.36. The van der Waals surface area contributed by atoms with E-state index in [1.807, 2.05) is 11.8 Å². The van der Waals surface area contributed by atoms with E-state index in [-0.39, 0.29) is 16.1 Å². The minimum Gasteiger partial charge on any atom is -0.384 e. The highest BCUT2D eigenvalue weighted by Gasteiger charge is 2.25. The zero-order valence-electron chi connectivity index (χ0n) is 10.9. The SMILES string of the molecule is CC1CN(c2ccc(C(=N)N)c(Br)c2F)CC(C)S1. The molecule has 2 atom stereocenters. The Hall–Kier alpha value is -0.750. The summed E-state index contributed by atoms with van der Waals surface area (Å²) in [5.74, 6) is -0.465. The van der Waals surface area contributed by atoms with Crippen LogP contribution in [0.4, 0.5) is 10.1 Å². The second kappa shape index (κ2) is 5.71. The number of benzene rings is 1. The van der Waals surface area contributed by atoms with Crippen molar-refractivity contribution < 1.29 is 4.39 Å². The van der Waals surface area contributed by atoms with Gasteiger partial charge >= 0.3 is 0 Å². The fourth-order valence-corrected chi connectivity index (χ4v) is 4.24. The van der Waals surface area contributed by atoms with Crippen LogP contribution in [0.5, 0.6) is 0 Å². The topological polar surface area (TPSA) is 53.1 Å². The van der Waals surface area contributed by atoms with E-state index in [2.05, 4.69) is 34.7 Å². The van der Waals surface area contributed by atoms with Crippen molar-refractivity contribution in [2.24, 2.45) is 5.73 Å². The number of anilines is 1. The average Bonchev–Trinajstić information content (AvgIpc) is 2.30. The molecule has 1 aliphatic heterocycles. The van der Waals surface area contributed by atoms with Crippen LogP contribution in [0.2, 0.25) is 0 Å². The zero-order valence-corrected chi connectivity index (χ0v) is 13.3. The molecular formula is C13H17BrFN3S. The van der Waals surface area contributed by atoms with Crippen LogP contribution in [0.1, 0.15) is 19.4 Å². The van der Waals surface area contributed by atoms with E-state index in [1.165, 1.54) is 0 Å². The van der Waals surface area contributed by atoms with E-state index in [1.54, 1.807) is 12.1 Å². The van der Waals surface area contributed by atoms with E-state index in [4.69, 9.17) is 11.1 Å². The summed E-state index contributed by atoms with van der Waals surface area (Å²) in [6.07, 6.45) is 0. The zero-order chi connectivity index (χ0) is 14.2. The quantitative estimate of drug-likeness (QED) is 0.639. The lowest BCUT2D eigenvalue weighted by molar-refractivity contribution is 0.605. The predicted octanol–water partition coefficient (Wildman–Crippen LogP) is 3.20. The Morgan fingerprint density at radius 3 is 2.53 bits per heavy atom. The first-order valence-electron chi connectivity index (χ1n) is 6.13. The van der Waals surface area contributed by atoms with Gasteiger partial charge in [-0.25, -0.2) is 4.39 Å².